The molecule has 0 atom stereocenters. The molecular formula is C22H25FN4O2. The second-order valence-electron chi connectivity index (χ2n) is 6.80. The molecule has 0 radical (unpaired) electrons. The SMILES string of the molecule is CCCCCNC(=O)c1nc(C(=O)NCCc2ccccc2F)c2ccccn12. The number of carbonyl (C=O) groups is 2. The maximum Gasteiger partial charge on any atom is 0.287 e. The van der Waals surface area contributed by atoms with Gasteiger partial charge in [-0.15, -0.1) is 0 Å². The quantitative estimate of drug-likeness (QED) is 0.545. The number of aromatic nitrogens is 2. The predicted octanol–water partition coefficient (Wildman–Crippen LogP) is 3.37. The molecule has 152 valence electrons. The molecule has 0 unspecified atom stereocenters. The number of hydrogen-bond donors (Lipinski definition) is 2. The van der Waals surface area contributed by atoms with Gasteiger partial charge in [-0.05, 0) is 36.6 Å². The van der Waals surface area contributed by atoms with Gasteiger partial charge in [0.15, 0.2) is 5.69 Å². The van der Waals surface area contributed by atoms with E-state index in [0.717, 1.165) is 19.3 Å². The Hall–Kier alpha value is -3.22. The second kappa shape index (κ2) is 9.82. The number of carbonyl (C=O) groups excluding carboxylic acids is 2. The Balaban J connectivity index is 1.71. The van der Waals surface area contributed by atoms with Crippen LogP contribution in [0.2, 0.25) is 0 Å². The molecule has 0 aliphatic rings. The lowest BCUT2D eigenvalue weighted by atomic mass is 10.1. The Morgan fingerprint density at radius 2 is 1.76 bits per heavy atom. The van der Waals surface area contributed by atoms with Crippen LogP contribution in [0.4, 0.5) is 4.39 Å². The van der Waals surface area contributed by atoms with Gasteiger partial charge in [0.25, 0.3) is 11.8 Å². The van der Waals surface area contributed by atoms with Crippen molar-refractivity contribution in [1.29, 1.82) is 0 Å². The van der Waals surface area contributed by atoms with Crippen molar-refractivity contribution < 1.29 is 14.0 Å². The number of benzene rings is 1. The zero-order chi connectivity index (χ0) is 20.6. The topological polar surface area (TPSA) is 75.5 Å². The summed E-state index contributed by atoms with van der Waals surface area (Å²) in [6.45, 7) is 2.93. The first-order valence-electron chi connectivity index (χ1n) is 9.88. The lowest BCUT2D eigenvalue weighted by molar-refractivity contribution is 0.0942. The van der Waals surface area contributed by atoms with Crippen LogP contribution >= 0.6 is 0 Å². The highest BCUT2D eigenvalue weighted by atomic mass is 19.1. The smallest absolute Gasteiger partial charge is 0.287 e. The Morgan fingerprint density at radius 3 is 2.55 bits per heavy atom. The minimum absolute atomic E-state index is 0.177. The van der Waals surface area contributed by atoms with E-state index in [4.69, 9.17) is 0 Å². The van der Waals surface area contributed by atoms with Gasteiger partial charge in [-0.2, -0.15) is 0 Å². The molecule has 0 fully saturated rings. The van der Waals surface area contributed by atoms with Gasteiger partial charge in [0.05, 0.1) is 5.52 Å². The molecule has 7 heteroatoms. The van der Waals surface area contributed by atoms with Crippen molar-refractivity contribution in [3.63, 3.8) is 0 Å². The summed E-state index contributed by atoms with van der Waals surface area (Å²) in [6, 6.07) is 11.8. The van der Waals surface area contributed by atoms with Crippen LogP contribution in [0.15, 0.2) is 48.7 Å². The second-order valence-corrected chi connectivity index (χ2v) is 6.80. The molecule has 0 bridgehead atoms. The standard InChI is InChI=1S/C22H25FN4O2/c1-2-3-7-13-24-22(29)20-26-19(18-11-6-8-15-27(18)20)21(28)25-14-12-16-9-4-5-10-17(16)23/h4-6,8-11,15H,2-3,7,12-14H2,1H3,(H,24,29)(H,25,28). The van der Waals surface area contributed by atoms with E-state index in [2.05, 4.69) is 22.5 Å². The van der Waals surface area contributed by atoms with Crippen LogP contribution in [-0.2, 0) is 6.42 Å². The van der Waals surface area contributed by atoms with E-state index in [1.54, 1.807) is 47.0 Å². The molecule has 0 saturated heterocycles. The zero-order valence-electron chi connectivity index (χ0n) is 16.5. The van der Waals surface area contributed by atoms with Crippen molar-refractivity contribution in [3.8, 4) is 0 Å². The zero-order valence-corrected chi connectivity index (χ0v) is 16.5. The lowest BCUT2D eigenvalue weighted by Gasteiger charge is -2.05. The summed E-state index contributed by atoms with van der Waals surface area (Å²) in [5.41, 5.74) is 1.27. The lowest BCUT2D eigenvalue weighted by Crippen LogP contribution is -2.27. The fraction of sp³-hybridized carbons (Fsp3) is 0.318. The maximum absolute atomic E-state index is 13.7. The number of nitrogens with zero attached hydrogens (tertiary/aromatic N) is 2. The minimum atomic E-state index is -0.393. The van der Waals surface area contributed by atoms with Gasteiger partial charge < -0.3 is 10.6 Å². The van der Waals surface area contributed by atoms with Gasteiger partial charge in [-0.3, -0.25) is 14.0 Å². The van der Waals surface area contributed by atoms with Crippen LogP contribution in [0.25, 0.3) is 5.52 Å². The summed E-state index contributed by atoms with van der Waals surface area (Å²) in [6.07, 6.45) is 5.08. The first-order chi connectivity index (χ1) is 14.1. The molecule has 2 N–H and O–H groups in total. The Labute approximate surface area is 169 Å². The molecular weight excluding hydrogens is 371 g/mol. The highest BCUT2D eigenvalue weighted by molar-refractivity contribution is 6.02. The number of hydrogen-bond acceptors (Lipinski definition) is 3. The highest BCUT2D eigenvalue weighted by Gasteiger charge is 2.21. The van der Waals surface area contributed by atoms with Crippen molar-refractivity contribution >= 4 is 17.3 Å². The minimum Gasteiger partial charge on any atom is -0.350 e. The number of fused-ring (bicyclic) bond motifs is 1. The summed E-state index contributed by atoms with van der Waals surface area (Å²) in [7, 11) is 0. The molecule has 2 amide bonds. The molecule has 2 heterocycles. The number of nitrogens with one attached hydrogen (secondary N) is 2. The van der Waals surface area contributed by atoms with E-state index in [0.29, 0.717) is 24.0 Å². The fourth-order valence-electron chi connectivity index (χ4n) is 3.12. The van der Waals surface area contributed by atoms with E-state index >= 15 is 0 Å². The monoisotopic (exact) mass is 396 g/mol. The molecule has 2 aromatic heterocycles. The highest BCUT2D eigenvalue weighted by Crippen LogP contribution is 2.14. The number of amides is 2. The average molecular weight is 396 g/mol. The van der Waals surface area contributed by atoms with Crippen molar-refractivity contribution in [2.75, 3.05) is 13.1 Å². The fourth-order valence-corrected chi connectivity index (χ4v) is 3.12. The molecule has 29 heavy (non-hydrogen) atoms. The predicted molar refractivity (Wildman–Crippen MR) is 109 cm³/mol. The van der Waals surface area contributed by atoms with Crippen LogP contribution in [0.3, 0.4) is 0 Å². The summed E-state index contributed by atoms with van der Waals surface area (Å²) in [5.74, 6) is -0.824. The third-order valence-corrected chi connectivity index (χ3v) is 4.67. The van der Waals surface area contributed by atoms with Crippen molar-refractivity contribution in [3.05, 3.63) is 71.6 Å². The van der Waals surface area contributed by atoms with Crippen LogP contribution in [0, 0.1) is 5.82 Å². The molecule has 0 saturated carbocycles. The van der Waals surface area contributed by atoms with E-state index in [9.17, 15) is 14.0 Å². The van der Waals surface area contributed by atoms with E-state index in [1.165, 1.54) is 6.07 Å². The van der Waals surface area contributed by atoms with Gasteiger partial charge in [0.2, 0.25) is 5.82 Å². The number of imidazole rings is 1. The molecule has 0 aliphatic carbocycles. The van der Waals surface area contributed by atoms with E-state index in [1.807, 2.05) is 0 Å². The normalized spacial score (nSPS) is 10.8. The maximum atomic E-state index is 13.7. The molecule has 3 aromatic rings. The van der Waals surface area contributed by atoms with Crippen molar-refractivity contribution in [2.45, 2.75) is 32.6 Å². The number of rotatable bonds is 9. The molecule has 0 aliphatic heterocycles. The molecule has 3 rings (SSSR count). The van der Waals surface area contributed by atoms with Crippen LogP contribution in [-0.4, -0.2) is 34.3 Å². The summed E-state index contributed by atoms with van der Waals surface area (Å²) in [4.78, 5) is 29.5. The third kappa shape index (κ3) is 4.99. The van der Waals surface area contributed by atoms with Gasteiger partial charge >= 0.3 is 0 Å². The Kier molecular flexibility index (Phi) is 6.94. The van der Waals surface area contributed by atoms with E-state index < -0.39 is 5.91 Å². The first-order valence-corrected chi connectivity index (χ1v) is 9.88. The summed E-state index contributed by atoms with van der Waals surface area (Å²) < 4.78 is 15.3. The summed E-state index contributed by atoms with van der Waals surface area (Å²) >= 11 is 0. The van der Waals surface area contributed by atoms with Gasteiger partial charge in [0.1, 0.15) is 5.82 Å². The average Bonchev–Trinajstić information content (AvgIpc) is 3.12. The third-order valence-electron chi connectivity index (χ3n) is 4.67. The number of pyridine rings is 1. The Bertz CT molecular complexity index is 999. The van der Waals surface area contributed by atoms with Gasteiger partial charge in [-0.25, -0.2) is 9.37 Å². The Morgan fingerprint density at radius 1 is 1.00 bits per heavy atom. The molecule has 6 nitrogen and oxygen atoms in total. The number of unbranched alkanes of at least 4 members (excludes halogenated alkanes) is 2. The molecule has 0 spiro atoms. The first kappa shape index (κ1) is 20.5. The van der Waals surface area contributed by atoms with Crippen molar-refractivity contribution in [2.24, 2.45) is 0 Å². The van der Waals surface area contributed by atoms with Crippen molar-refractivity contribution in [1.82, 2.24) is 20.0 Å². The number of halogens is 1. The van der Waals surface area contributed by atoms with Crippen LogP contribution in [0.5, 0.6) is 0 Å². The molecule has 1 aromatic carbocycles. The van der Waals surface area contributed by atoms with Gasteiger partial charge in [-0.1, -0.05) is 44.0 Å². The van der Waals surface area contributed by atoms with Crippen LogP contribution < -0.4 is 10.6 Å². The van der Waals surface area contributed by atoms with Crippen LogP contribution in [0.1, 0.15) is 52.9 Å². The van der Waals surface area contributed by atoms with Gasteiger partial charge in [0, 0.05) is 19.3 Å². The summed E-state index contributed by atoms with van der Waals surface area (Å²) in [5, 5.41) is 5.62. The van der Waals surface area contributed by atoms with E-state index in [-0.39, 0.29) is 29.8 Å². The largest absolute Gasteiger partial charge is 0.350 e.